The summed E-state index contributed by atoms with van der Waals surface area (Å²) in [5, 5.41) is 4.64. The molecule has 0 saturated heterocycles. The molecule has 1 heterocycles. The second kappa shape index (κ2) is 2.51. The molecule has 3 radical (unpaired) electrons. The van der Waals surface area contributed by atoms with Crippen LogP contribution in [0, 0.1) is 0 Å². The van der Waals surface area contributed by atoms with Crippen LogP contribution in [-0.4, -0.2) is 15.6 Å². The van der Waals surface area contributed by atoms with Crippen molar-refractivity contribution in [2.45, 2.75) is 6.42 Å². The van der Waals surface area contributed by atoms with E-state index in [9.17, 15) is 0 Å². The topological polar surface area (TPSA) is 21.6 Å². The predicted octanol–water partition coefficient (Wildman–Crippen LogP) is 1.10. The maximum atomic E-state index is 5.08. The molecule has 2 nitrogen and oxygen atoms in total. The first kappa shape index (κ1) is 6.61. The standard InChI is InChI=1S/C8H6NOSi/c11-8-5-6-3-1-2-4-7(6)10-9-8/h1-4H,5H2. The Bertz CT molecular complexity index is 309. The van der Waals surface area contributed by atoms with E-state index in [-0.39, 0.29) is 0 Å². The van der Waals surface area contributed by atoms with E-state index in [1.165, 1.54) is 5.56 Å². The number of para-hydroxylation sites is 1. The Labute approximate surface area is 68.3 Å². The highest BCUT2D eigenvalue weighted by atomic mass is 28.1. The van der Waals surface area contributed by atoms with Gasteiger partial charge in [-0.1, -0.05) is 23.4 Å². The van der Waals surface area contributed by atoms with Crippen molar-refractivity contribution in [3.05, 3.63) is 29.8 Å². The number of oxime groups is 1. The maximum absolute atomic E-state index is 5.08. The number of hydrogen-bond acceptors (Lipinski definition) is 2. The van der Waals surface area contributed by atoms with Crippen LogP contribution in [0.3, 0.4) is 0 Å². The van der Waals surface area contributed by atoms with Crippen molar-refractivity contribution in [3.63, 3.8) is 0 Å². The van der Waals surface area contributed by atoms with Gasteiger partial charge in [0.25, 0.3) is 0 Å². The van der Waals surface area contributed by atoms with Gasteiger partial charge >= 0.3 is 0 Å². The van der Waals surface area contributed by atoms with Crippen molar-refractivity contribution >= 4 is 15.6 Å². The molecule has 0 amide bonds. The van der Waals surface area contributed by atoms with E-state index in [1.807, 2.05) is 24.3 Å². The van der Waals surface area contributed by atoms with E-state index in [1.54, 1.807) is 0 Å². The summed E-state index contributed by atoms with van der Waals surface area (Å²) in [5.74, 6) is 0.856. The van der Waals surface area contributed by atoms with Gasteiger partial charge in [-0.3, -0.25) is 0 Å². The molecule has 53 valence electrons. The summed E-state index contributed by atoms with van der Waals surface area (Å²) >= 11 is 0. The lowest BCUT2D eigenvalue weighted by molar-refractivity contribution is 0.332. The molecule has 0 atom stereocenters. The molecule has 1 aliphatic heterocycles. The fourth-order valence-corrected chi connectivity index (χ4v) is 1.29. The van der Waals surface area contributed by atoms with Crippen molar-refractivity contribution in [3.8, 4) is 5.75 Å². The summed E-state index contributed by atoms with van der Waals surface area (Å²) in [6, 6.07) is 7.88. The summed E-state index contributed by atoms with van der Waals surface area (Å²) in [6.07, 6.45) is 0.826. The summed E-state index contributed by atoms with van der Waals surface area (Å²) < 4.78 is 0. The SMILES string of the molecule is [Si]C1=NOc2ccccc2C1. The van der Waals surface area contributed by atoms with Gasteiger partial charge in [-0.25, -0.2) is 0 Å². The number of nitrogens with zero attached hydrogens (tertiary/aromatic N) is 1. The molecule has 0 aromatic heterocycles. The van der Waals surface area contributed by atoms with Gasteiger partial charge in [0.2, 0.25) is 0 Å². The Morgan fingerprint density at radius 2 is 2.18 bits per heavy atom. The number of fused-ring (bicyclic) bond motifs is 1. The average molecular weight is 160 g/mol. The Balaban J connectivity index is 2.42. The van der Waals surface area contributed by atoms with Crippen molar-refractivity contribution < 1.29 is 4.84 Å². The monoisotopic (exact) mass is 160 g/mol. The van der Waals surface area contributed by atoms with Crippen LogP contribution in [0.25, 0.3) is 0 Å². The molecule has 1 aromatic rings. The van der Waals surface area contributed by atoms with Gasteiger partial charge in [-0.2, -0.15) is 0 Å². The van der Waals surface area contributed by atoms with Gasteiger partial charge in [0.05, 0.1) is 10.2 Å². The molecule has 0 aliphatic carbocycles. The highest BCUT2D eigenvalue weighted by molar-refractivity contribution is 6.60. The fraction of sp³-hybridized carbons (Fsp3) is 0.125. The summed E-state index contributed by atoms with van der Waals surface area (Å²) in [7, 11) is 3.33. The van der Waals surface area contributed by atoms with Gasteiger partial charge in [0.1, 0.15) is 0 Å². The molecule has 3 heteroatoms. The lowest BCUT2D eigenvalue weighted by Crippen LogP contribution is -2.10. The minimum atomic E-state index is 0.826. The molecule has 0 N–H and O–H groups in total. The van der Waals surface area contributed by atoms with Crippen LogP contribution in [0.1, 0.15) is 5.56 Å². The van der Waals surface area contributed by atoms with Crippen LogP contribution in [0.15, 0.2) is 29.4 Å². The van der Waals surface area contributed by atoms with Crippen LogP contribution >= 0.6 is 0 Å². The van der Waals surface area contributed by atoms with Gasteiger partial charge in [0, 0.05) is 17.3 Å². The molecule has 0 bridgehead atoms. The molecule has 0 spiro atoms. The van der Waals surface area contributed by atoms with E-state index in [0.717, 1.165) is 17.5 Å². The Hall–Kier alpha value is -1.09. The van der Waals surface area contributed by atoms with Crippen molar-refractivity contribution in [2.75, 3.05) is 0 Å². The van der Waals surface area contributed by atoms with E-state index in [0.29, 0.717) is 0 Å². The Morgan fingerprint density at radius 3 is 3.09 bits per heavy atom. The minimum Gasteiger partial charge on any atom is -0.357 e. The van der Waals surface area contributed by atoms with Gasteiger partial charge in [-0.15, -0.1) is 0 Å². The van der Waals surface area contributed by atoms with Crippen LogP contribution in [0.4, 0.5) is 0 Å². The van der Waals surface area contributed by atoms with E-state index in [2.05, 4.69) is 15.4 Å². The molecule has 2 rings (SSSR count). The zero-order valence-electron chi connectivity index (χ0n) is 5.87. The first-order valence-corrected chi connectivity index (χ1v) is 3.89. The number of hydrogen-bond donors (Lipinski definition) is 0. The number of rotatable bonds is 0. The molecule has 0 fully saturated rings. The Morgan fingerprint density at radius 1 is 1.36 bits per heavy atom. The zero-order valence-corrected chi connectivity index (χ0v) is 6.87. The quantitative estimate of drug-likeness (QED) is 0.521. The third kappa shape index (κ3) is 1.19. The summed E-state index contributed by atoms with van der Waals surface area (Å²) in [5.41, 5.74) is 1.17. The first-order chi connectivity index (χ1) is 5.36. The normalized spacial score (nSPS) is 14.8. The lowest BCUT2D eigenvalue weighted by atomic mass is 10.1. The first-order valence-electron chi connectivity index (χ1n) is 3.39. The molecule has 1 aromatic carbocycles. The van der Waals surface area contributed by atoms with Crippen molar-refractivity contribution in [1.82, 2.24) is 0 Å². The van der Waals surface area contributed by atoms with Crippen molar-refractivity contribution in [1.29, 1.82) is 0 Å². The van der Waals surface area contributed by atoms with Gasteiger partial charge < -0.3 is 4.84 Å². The maximum Gasteiger partial charge on any atom is 0.161 e. The molecule has 0 saturated carbocycles. The molecular formula is C8H6NOSi. The zero-order chi connectivity index (χ0) is 7.68. The van der Waals surface area contributed by atoms with Crippen LogP contribution in [0.2, 0.25) is 0 Å². The van der Waals surface area contributed by atoms with Crippen LogP contribution in [-0.2, 0) is 6.42 Å². The molecular weight excluding hydrogens is 154 g/mol. The van der Waals surface area contributed by atoms with E-state index < -0.39 is 0 Å². The third-order valence-electron chi connectivity index (χ3n) is 1.58. The number of benzene rings is 1. The van der Waals surface area contributed by atoms with Crippen LogP contribution in [0.5, 0.6) is 5.75 Å². The second-order valence-corrected chi connectivity index (χ2v) is 2.99. The van der Waals surface area contributed by atoms with Gasteiger partial charge in [0.15, 0.2) is 5.75 Å². The highest BCUT2D eigenvalue weighted by Crippen LogP contribution is 2.21. The van der Waals surface area contributed by atoms with Gasteiger partial charge in [-0.05, 0) is 6.07 Å². The smallest absolute Gasteiger partial charge is 0.161 e. The van der Waals surface area contributed by atoms with Crippen molar-refractivity contribution in [2.24, 2.45) is 5.16 Å². The minimum absolute atomic E-state index is 0.826. The largest absolute Gasteiger partial charge is 0.357 e. The molecule has 11 heavy (non-hydrogen) atoms. The Kier molecular flexibility index (Phi) is 1.51. The highest BCUT2D eigenvalue weighted by Gasteiger charge is 2.09. The average Bonchev–Trinajstić information content (AvgIpc) is 2.04. The predicted molar refractivity (Wildman–Crippen MR) is 44.0 cm³/mol. The summed E-state index contributed by atoms with van der Waals surface area (Å²) in [4.78, 5) is 5.08. The summed E-state index contributed by atoms with van der Waals surface area (Å²) in [6.45, 7) is 0. The molecule has 0 unspecified atom stereocenters. The fourth-order valence-electron chi connectivity index (χ4n) is 1.06. The molecule has 1 aliphatic rings. The lowest BCUT2D eigenvalue weighted by Gasteiger charge is -2.11. The van der Waals surface area contributed by atoms with E-state index in [4.69, 9.17) is 4.84 Å². The van der Waals surface area contributed by atoms with Crippen LogP contribution < -0.4 is 4.84 Å². The second-order valence-electron chi connectivity index (χ2n) is 2.41. The third-order valence-corrected chi connectivity index (χ3v) is 1.85. The van der Waals surface area contributed by atoms with E-state index >= 15 is 0 Å².